The van der Waals surface area contributed by atoms with Gasteiger partial charge in [-0.2, -0.15) is 15.8 Å². The van der Waals surface area contributed by atoms with Crippen LogP contribution in [-0.2, 0) is 4.79 Å². The van der Waals surface area contributed by atoms with Gasteiger partial charge in [-0.25, -0.2) is 0 Å². The van der Waals surface area contributed by atoms with Crippen molar-refractivity contribution in [2.24, 2.45) is 22.8 Å². The molecule has 3 rings (SSSR count). The zero-order chi connectivity index (χ0) is 20.3. The molecular weight excluding hydrogens is 356 g/mol. The van der Waals surface area contributed by atoms with Crippen molar-refractivity contribution in [1.29, 1.82) is 15.8 Å². The van der Waals surface area contributed by atoms with Gasteiger partial charge in [-0.05, 0) is 23.3 Å². The monoisotopic (exact) mass is 374 g/mol. The van der Waals surface area contributed by atoms with Crippen LogP contribution >= 0.6 is 0 Å². The Hall–Kier alpha value is -3.80. The van der Waals surface area contributed by atoms with Gasteiger partial charge in [0.1, 0.15) is 11.8 Å². The van der Waals surface area contributed by atoms with Crippen LogP contribution in [0.2, 0.25) is 0 Å². The lowest BCUT2D eigenvalue weighted by Crippen LogP contribution is -2.46. The summed E-state index contributed by atoms with van der Waals surface area (Å²) in [6.07, 6.45) is 1.88. The highest BCUT2D eigenvalue weighted by molar-refractivity contribution is 5.75. The van der Waals surface area contributed by atoms with E-state index in [0.29, 0.717) is 24.4 Å². The number of hydrogen-bond donors (Lipinski definition) is 3. The molecule has 1 heterocycles. The number of primary amides is 1. The lowest BCUT2D eigenvalue weighted by Gasteiger charge is -2.43. The number of nitriles is 3. The van der Waals surface area contributed by atoms with Gasteiger partial charge in [0.15, 0.2) is 12.0 Å². The molecule has 1 aromatic carbocycles. The van der Waals surface area contributed by atoms with Crippen molar-refractivity contribution in [3.8, 4) is 24.0 Å². The van der Waals surface area contributed by atoms with Crippen molar-refractivity contribution < 1.29 is 9.53 Å². The number of rotatable bonds is 4. The molecule has 0 spiro atoms. The van der Waals surface area contributed by atoms with Crippen molar-refractivity contribution >= 4 is 5.91 Å². The van der Waals surface area contributed by atoms with E-state index in [-0.39, 0.29) is 23.8 Å². The predicted molar refractivity (Wildman–Crippen MR) is 98.8 cm³/mol. The van der Waals surface area contributed by atoms with E-state index in [1.54, 1.807) is 24.3 Å². The minimum Gasteiger partial charge on any atom is -0.484 e. The second-order valence-electron chi connectivity index (χ2n) is 6.66. The largest absolute Gasteiger partial charge is 0.484 e. The minimum atomic E-state index is -1.66. The first-order valence-corrected chi connectivity index (χ1v) is 8.63. The van der Waals surface area contributed by atoms with Gasteiger partial charge >= 0.3 is 0 Å². The van der Waals surface area contributed by atoms with Crippen molar-refractivity contribution in [2.45, 2.75) is 5.92 Å². The Labute approximate surface area is 162 Å². The Morgan fingerprint density at radius 2 is 1.93 bits per heavy atom. The molecular formula is C20H18N6O2. The van der Waals surface area contributed by atoms with E-state index in [2.05, 4.69) is 23.5 Å². The minimum absolute atomic E-state index is 0.0107. The Kier molecular flexibility index (Phi) is 5.04. The number of hydrogen-bond acceptors (Lipinski definition) is 7. The van der Waals surface area contributed by atoms with E-state index >= 15 is 0 Å². The summed E-state index contributed by atoms with van der Waals surface area (Å²) in [6.45, 7) is 0.854. The first-order chi connectivity index (χ1) is 13.5. The van der Waals surface area contributed by atoms with Crippen molar-refractivity contribution in [2.75, 3.05) is 19.7 Å². The molecule has 140 valence electrons. The average molecular weight is 374 g/mol. The Morgan fingerprint density at radius 1 is 1.25 bits per heavy atom. The van der Waals surface area contributed by atoms with Crippen molar-refractivity contribution in [3.05, 3.63) is 52.7 Å². The molecule has 2 aliphatic rings. The third kappa shape index (κ3) is 2.95. The number of carbonyl (C=O) groups is 1. The van der Waals surface area contributed by atoms with E-state index in [1.807, 2.05) is 6.08 Å². The standard InChI is InChI=1S/C20H18N6O2/c21-7-15-14-5-6-26-8-16(14)18(20(10-22,11-23)19(15)25)12-1-3-13(4-2-12)28-9-17(24)27/h1-5,16,18,26H,6,8-9,25H2,(H2,24,27)/t16-,18-/m0/s1. The highest BCUT2D eigenvalue weighted by Gasteiger charge is 2.53. The van der Waals surface area contributed by atoms with Crippen LogP contribution in [-0.4, -0.2) is 25.6 Å². The molecule has 0 bridgehead atoms. The van der Waals surface area contributed by atoms with Crippen LogP contribution in [0.1, 0.15) is 11.5 Å². The van der Waals surface area contributed by atoms with E-state index in [9.17, 15) is 20.6 Å². The summed E-state index contributed by atoms with van der Waals surface area (Å²) in [6, 6.07) is 13.0. The number of nitrogens with zero attached hydrogens (tertiary/aromatic N) is 3. The van der Waals surface area contributed by atoms with Crippen LogP contribution in [0.3, 0.4) is 0 Å². The highest BCUT2D eigenvalue weighted by atomic mass is 16.5. The summed E-state index contributed by atoms with van der Waals surface area (Å²) in [5.41, 5.74) is 11.3. The van der Waals surface area contributed by atoms with Gasteiger partial charge in [-0.3, -0.25) is 4.79 Å². The molecule has 8 heteroatoms. The SMILES string of the molecule is N#CC1=C(N)C(C#N)(C#N)[C@@H](c2ccc(OCC(N)=O)cc2)[C@H]2CNCC=C12. The molecule has 2 atom stereocenters. The average Bonchev–Trinajstić information content (AvgIpc) is 2.72. The molecule has 0 aromatic heterocycles. The van der Waals surface area contributed by atoms with Crippen LogP contribution in [0.25, 0.3) is 0 Å². The number of fused-ring (bicyclic) bond motifs is 1. The maximum atomic E-state index is 10.9. The molecule has 28 heavy (non-hydrogen) atoms. The fourth-order valence-corrected chi connectivity index (χ4v) is 3.91. The number of amides is 1. The first-order valence-electron chi connectivity index (χ1n) is 8.63. The normalized spacial score (nSPS) is 22.7. The van der Waals surface area contributed by atoms with Gasteiger partial charge in [0.25, 0.3) is 5.91 Å². The highest BCUT2D eigenvalue weighted by Crippen LogP contribution is 2.53. The topological polar surface area (TPSA) is 162 Å². The zero-order valence-corrected chi connectivity index (χ0v) is 15.0. The van der Waals surface area contributed by atoms with Crippen molar-refractivity contribution in [1.82, 2.24) is 5.32 Å². The van der Waals surface area contributed by atoms with Crippen molar-refractivity contribution in [3.63, 3.8) is 0 Å². The summed E-state index contributed by atoms with van der Waals surface area (Å²) in [7, 11) is 0. The van der Waals surface area contributed by atoms with Crippen LogP contribution in [0.15, 0.2) is 47.2 Å². The second-order valence-corrected chi connectivity index (χ2v) is 6.66. The summed E-state index contributed by atoms with van der Waals surface area (Å²) in [5, 5.41) is 32.7. The number of ether oxygens (including phenoxy) is 1. The van der Waals surface area contributed by atoms with Gasteiger partial charge in [-0.1, -0.05) is 18.2 Å². The Bertz CT molecular complexity index is 973. The lowest BCUT2D eigenvalue weighted by atomic mass is 9.58. The van der Waals surface area contributed by atoms with Gasteiger partial charge in [0.05, 0.1) is 23.4 Å². The molecule has 1 aliphatic heterocycles. The van der Waals surface area contributed by atoms with Gasteiger partial charge in [0.2, 0.25) is 0 Å². The molecule has 0 radical (unpaired) electrons. The quantitative estimate of drug-likeness (QED) is 0.693. The second kappa shape index (κ2) is 7.44. The third-order valence-corrected chi connectivity index (χ3v) is 5.17. The van der Waals surface area contributed by atoms with E-state index in [1.165, 1.54) is 0 Å². The molecule has 1 aliphatic carbocycles. The summed E-state index contributed by atoms with van der Waals surface area (Å²) in [4.78, 5) is 10.9. The first kappa shape index (κ1) is 19.0. The lowest BCUT2D eigenvalue weighted by molar-refractivity contribution is -0.119. The zero-order valence-electron chi connectivity index (χ0n) is 15.0. The molecule has 0 unspecified atom stereocenters. The van der Waals surface area contributed by atoms with Crippen LogP contribution < -0.4 is 21.5 Å². The van der Waals surface area contributed by atoms with Gasteiger partial charge in [-0.15, -0.1) is 0 Å². The fraction of sp³-hybridized carbons (Fsp3) is 0.300. The maximum absolute atomic E-state index is 10.9. The van der Waals surface area contributed by atoms with Crippen LogP contribution in [0.4, 0.5) is 0 Å². The smallest absolute Gasteiger partial charge is 0.255 e. The third-order valence-electron chi connectivity index (χ3n) is 5.17. The number of nitrogens with one attached hydrogen (secondary N) is 1. The van der Waals surface area contributed by atoms with E-state index in [4.69, 9.17) is 16.2 Å². The molecule has 5 N–H and O–H groups in total. The summed E-state index contributed by atoms with van der Waals surface area (Å²) >= 11 is 0. The Balaban J connectivity index is 2.11. The van der Waals surface area contributed by atoms with E-state index < -0.39 is 17.2 Å². The molecule has 0 fully saturated rings. The predicted octanol–water partition coefficient (Wildman–Crippen LogP) is 0.564. The summed E-state index contributed by atoms with van der Waals surface area (Å²) < 4.78 is 5.27. The van der Waals surface area contributed by atoms with Crippen LogP contribution in [0, 0.1) is 45.3 Å². The fourth-order valence-electron chi connectivity index (χ4n) is 3.91. The maximum Gasteiger partial charge on any atom is 0.255 e. The van der Waals surface area contributed by atoms with Gasteiger partial charge < -0.3 is 21.5 Å². The molecule has 8 nitrogen and oxygen atoms in total. The summed E-state index contributed by atoms with van der Waals surface area (Å²) in [5.74, 6) is -0.970. The van der Waals surface area contributed by atoms with E-state index in [0.717, 1.165) is 5.57 Å². The number of benzene rings is 1. The number of nitrogens with two attached hydrogens (primary N) is 2. The number of allylic oxidation sites excluding steroid dienone is 2. The van der Waals surface area contributed by atoms with Gasteiger partial charge in [0, 0.05) is 24.9 Å². The molecule has 0 saturated heterocycles. The Morgan fingerprint density at radius 3 is 2.50 bits per heavy atom. The molecule has 1 aromatic rings. The molecule has 1 amide bonds. The molecule has 0 saturated carbocycles. The number of carbonyl (C=O) groups excluding carboxylic acids is 1. The van der Waals surface area contributed by atoms with Crippen LogP contribution in [0.5, 0.6) is 5.75 Å².